The SMILES string of the molecule is CCOc1cccc(N2C(=O)C(O)=C(C(=O)c3cc4cc(Cl)cc(OC)c4o3)C2c2ccc(OC(C)C)cc2)c1. The summed E-state index contributed by atoms with van der Waals surface area (Å²) in [5.41, 5.74) is 1.26. The molecule has 0 aliphatic carbocycles. The van der Waals surface area contributed by atoms with Gasteiger partial charge in [0.25, 0.3) is 5.91 Å². The molecule has 40 heavy (non-hydrogen) atoms. The first kappa shape index (κ1) is 27.1. The second-order valence-electron chi connectivity index (χ2n) is 9.47. The molecule has 8 nitrogen and oxygen atoms in total. The molecule has 0 saturated heterocycles. The number of fused-ring (bicyclic) bond motifs is 1. The molecule has 1 amide bonds. The summed E-state index contributed by atoms with van der Waals surface area (Å²) in [6, 6.07) is 17.8. The van der Waals surface area contributed by atoms with Crippen LogP contribution in [-0.4, -0.2) is 36.6 Å². The van der Waals surface area contributed by atoms with Crippen molar-refractivity contribution in [2.24, 2.45) is 0 Å². The number of carbonyl (C=O) groups is 2. The molecule has 2 heterocycles. The molecule has 0 radical (unpaired) electrons. The molecule has 0 saturated carbocycles. The van der Waals surface area contributed by atoms with E-state index in [1.54, 1.807) is 60.7 Å². The molecule has 1 N–H and O–H groups in total. The Kier molecular flexibility index (Phi) is 7.45. The van der Waals surface area contributed by atoms with Crippen LogP contribution in [0.15, 0.2) is 82.5 Å². The summed E-state index contributed by atoms with van der Waals surface area (Å²) < 4.78 is 22.7. The monoisotopic (exact) mass is 561 g/mol. The fraction of sp³-hybridized carbons (Fsp3) is 0.226. The Labute approximate surface area is 236 Å². The maximum atomic E-state index is 14.0. The van der Waals surface area contributed by atoms with Crippen LogP contribution in [0.4, 0.5) is 5.69 Å². The maximum Gasteiger partial charge on any atom is 0.294 e. The number of hydrogen-bond donors (Lipinski definition) is 1. The van der Waals surface area contributed by atoms with Crippen molar-refractivity contribution in [3.63, 3.8) is 0 Å². The number of aliphatic hydroxyl groups excluding tert-OH is 1. The second kappa shape index (κ2) is 11.0. The van der Waals surface area contributed by atoms with Crippen LogP contribution in [0.25, 0.3) is 11.0 Å². The fourth-order valence-corrected chi connectivity index (χ4v) is 5.01. The smallest absolute Gasteiger partial charge is 0.294 e. The first-order valence-electron chi connectivity index (χ1n) is 12.8. The van der Waals surface area contributed by atoms with Crippen LogP contribution >= 0.6 is 11.6 Å². The van der Waals surface area contributed by atoms with Crippen molar-refractivity contribution >= 4 is 39.9 Å². The molecular weight excluding hydrogens is 534 g/mol. The largest absolute Gasteiger partial charge is 0.503 e. The normalized spacial score (nSPS) is 15.3. The molecule has 0 fully saturated rings. The molecule has 9 heteroatoms. The summed E-state index contributed by atoms with van der Waals surface area (Å²) in [4.78, 5) is 28.9. The third kappa shape index (κ3) is 4.98. The molecule has 5 rings (SSSR count). The average Bonchev–Trinajstić information content (AvgIpc) is 3.47. The Morgan fingerprint density at radius 3 is 2.50 bits per heavy atom. The van der Waals surface area contributed by atoms with Crippen LogP contribution in [0, 0.1) is 0 Å². The molecule has 1 unspecified atom stereocenters. The van der Waals surface area contributed by atoms with Crippen molar-refractivity contribution in [3.05, 3.63) is 94.4 Å². The van der Waals surface area contributed by atoms with E-state index in [0.717, 1.165) is 0 Å². The summed E-state index contributed by atoms with van der Waals surface area (Å²) >= 11 is 6.20. The van der Waals surface area contributed by atoms with E-state index in [4.69, 9.17) is 30.2 Å². The van der Waals surface area contributed by atoms with Gasteiger partial charge in [0.2, 0.25) is 5.78 Å². The highest BCUT2D eigenvalue weighted by molar-refractivity contribution is 6.31. The topological polar surface area (TPSA) is 98.4 Å². The lowest BCUT2D eigenvalue weighted by Gasteiger charge is -2.27. The molecule has 1 aromatic heterocycles. The number of aliphatic hydroxyl groups is 1. The highest BCUT2D eigenvalue weighted by atomic mass is 35.5. The molecule has 1 aliphatic heterocycles. The number of nitrogens with zero attached hydrogens (tertiary/aromatic N) is 1. The summed E-state index contributed by atoms with van der Waals surface area (Å²) in [6.07, 6.45) is -0.0311. The number of ether oxygens (including phenoxy) is 3. The molecule has 4 aromatic rings. The van der Waals surface area contributed by atoms with E-state index in [1.165, 1.54) is 18.1 Å². The van der Waals surface area contributed by atoms with Crippen LogP contribution in [0.2, 0.25) is 5.02 Å². The number of amides is 1. The van der Waals surface area contributed by atoms with E-state index in [2.05, 4.69) is 0 Å². The van der Waals surface area contributed by atoms with E-state index in [9.17, 15) is 14.7 Å². The third-order valence-corrected chi connectivity index (χ3v) is 6.64. The van der Waals surface area contributed by atoms with Gasteiger partial charge in [0.15, 0.2) is 22.9 Å². The van der Waals surface area contributed by atoms with Crippen molar-refractivity contribution in [2.75, 3.05) is 18.6 Å². The van der Waals surface area contributed by atoms with Crippen LogP contribution in [-0.2, 0) is 4.79 Å². The van der Waals surface area contributed by atoms with Gasteiger partial charge in [-0.25, -0.2) is 0 Å². The summed E-state index contributed by atoms with van der Waals surface area (Å²) in [5, 5.41) is 12.1. The first-order chi connectivity index (χ1) is 19.2. The van der Waals surface area contributed by atoms with Crippen molar-refractivity contribution in [1.29, 1.82) is 0 Å². The number of anilines is 1. The molecule has 0 bridgehead atoms. The second-order valence-corrected chi connectivity index (χ2v) is 9.91. The van der Waals surface area contributed by atoms with Crippen molar-refractivity contribution < 1.29 is 33.3 Å². The van der Waals surface area contributed by atoms with Gasteiger partial charge in [0.05, 0.1) is 31.4 Å². The number of benzene rings is 3. The summed E-state index contributed by atoms with van der Waals surface area (Å²) in [5.74, 6) is -0.557. The van der Waals surface area contributed by atoms with Gasteiger partial charge >= 0.3 is 0 Å². The van der Waals surface area contributed by atoms with Crippen molar-refractivity contribution in [3.8, 4) is 17.2 Å². The molecule has 1 aliphatic rings. The third-order valence-electron chi connectivity index (χ3n) is 6.42. The first-order valence-corrected chi connectivity index (χ1v) is 13.2. The molecule has 3 aromatic carbocycles. The minimum Gasteiger partial charge on any atom is -0.503 e. The van der Waals surface area contributed by atoms with Gasteiger partial charge in [0, 0.05) is 28.2 Å². The quantitative estimate of drug-likeness (QED) is 0.218. The van der Waals surface area contributed by atoms with Gasteiger partial charge < -0.3 is 23.7 Å². The summed E-state index contributed by atoms with van der Waals surface area (Å²) in [7, 11) is 1.47. The van der Waals surface area contributed by atoms with Crippen molar-refractivity contribution in [2.45, 2.75) is 32.9 Å². The highest BCUT2D eigenvalue weighted by Crippen LogP contribution is 2.44. The number of ketones is 1. The lowest BCUT2D eigenvalue weighted by molar-refractivity contribution is -0.117. The maximum absolute atomic E-state index is 14.0. The Morgan fingerprint density at radius 1 is 1.07 bits per heavy atom. The number of Topliss-reactive ketones (excluding diaryl/α,β-unsaturated/α-hetero) is 1. The molecule has 206 valence electrons. The minimum absolute atomic E-state index is 0.0311. The zero-order valence-electron chi connectivity index (χ0n) is 22.4. The van der Waals surface area contributed by atoms with E-state index in [1.807, 2.05) is 20.8 Å². The number of hydrogen-bond acceptors (Lipinski definition) is 7. The van der Waals surface area contributed by atoms with Crippen molar-refractivity contribution in [1.82, 2.24) is 0 Å². The van der Waals surface area contributed by atoms with Crippen LogP contribution < -0.4 is 19.1 Å². The molecule has 1 atom stereocenters. The predicted octanol–water partition coefficient (Wildman–Crippen LogP) is 7.06. The standard InChI is InChI=1S/C31H28ClNO7/c1-5-38-23-8-6-7-21(16-23)33-27(18-9-11-22(12-10-18)39-17(2)3)26(29(35)31(33)36)28(34)24-14-19-13-20(32)15-25(37-4)30(19)40-24/h6-17,27,35H,5H2,1-4H3. The zero-order valence-corrected chi connectivity index (χ0v) is 23.2. The molecular formula is C31H28ClNO7. The highest BCUT2D eigenvalue weighted by Gasteiger charge is 2.45. The van der Waals surface area contributed by atoms with Gasteiger partial charge in [-0.05, 0) is 62.7 Å². The Morgan fingerprint density at radius 2 is 1.82 bits per heavy atom. The lowest BCUT2D eigenvalue weighted by atomic mass is 9.94. The number of methoxy groups -OCH3 is 1. The van der Waals surface area contributed by atoms with Gasteiger partial charge in [-0.15, -0.1) is 0 Å². The predicted molar refractivity (Wildman–Crippen MR) is 152 cm³/mol. The van der Waals surface area contributed by atoms with E-state index in [0.29, 0.717) is 51.1 Å². The van der Waals surface area contributed by atoms with E-state index < -0.39 is 23.5 Å². The van der Waals surface area contributed by atoms with Crippen LogP contribution in [0.1, 0.15) is 42.9 Å². The van der Waals surface area contributed by atoms with Gasteiger partial charge in [-0.1, -0.05) is 29.8 Å². The van der Waals surface area contributed by atoms with Crippen LogP contribution in [0.5, 0.6) is 17.2 Å². The fourth-order valence-electron chi connectivity index (χ4n) is 4.79. The minimum atomic E-state index is -0.955. The number of rotatable bonds is 9. The molecule has 0 spiro atoms. The number of furan rings is 1. The average molecular weight is 562 g/mol. The van der Waals surface area contributed by atoms with E-state index in [-0.39, 0.29) is 17.4 Å². The van der Waals surface area contributed by atoms with E-state index >= 15 is 0 Å². The summed E-state index contributed by atoms with van der Waals surface area (Å²) in [6.45, 7) is 6.13. The van der Waals surface area contributed by atoms with Gasteiger partial charge in [0.1, 0.15) is 11.5 Å². The van der Waals surface area contributed by atoms with Gasteiger partial charge in [-0.2, -0.15) is 0 Å². The van der Waals surface area contributed by atoms with Crippen LogP contribution in [0.3, 0.4) is 0 Å². The Hall–Kier alpha value is -4.43. The lowest BCUT2D eigenvalue weighted by Crippen LogP contribution is -2.31. The number of carbonyl (C=O) groups excluding carboxylic acids is 2. The zero-order chi connectivity index (χ0) is 28.6. The number of halogens is 1. The Balaban J connectivity index is 1.63. The van der Waals surface area contributed by atoms with Gasteiger partial charge in [-0.3, -0.25) is 14.5 Å². The Bertz CT molecular complexity index is 1620.